The van der Waals surface area contributed by atoms with Gasteiger partial charge in [-0.05, 0) is 36.8 Å². The molecule has 0 aliphatic heterocycles. The van der Waals surface area contributed by atoms with E-state index in [9.17, 15) is 8.42 Å². The summed E-state index contributed by atoms with van der Waals surface area (Å²) < 4.78 is 22.8. The fourth-order valence-corrected chi connectivity index (χ4v) is 2.22. The number of pyridine rings is 1. The van der Waals surface area contributed by atoms with Crippen LogP contribution in [0, 0.1) is 6.92 Å². The molecule has 0 amide bonds. The molecule has 0 aliphatic carbocycles. The maximum absolute atomic E-state index is 11.4. The Morgan fingerprint density at radius 3 is 2.67 bits per heavy atom. The molecular weight excluding hydrogens is 250 g/mol. The number of rotatable bonds is 3. The first kappa shape index (κ1) is 12.5. The van der Waals surface area contributed by atoms with Gasteiger partial charge in [0.1, 0.15) is 4.90 Å². The third-order valence-electron chi connectivity index (χ3n) is 2.36. The van der Waals surface area contributed by atoms with Gasteiger partial charge in [-0.3, -0.25) is 0 Å². The predicted molar refractivity (Wildman–Crippen MR) is 70.1 cm³/mol. The van der Waals surface area contributed by atoms with Crippen molar-refractivity contribution in [3.8, 4) is 0 Å². The van der Waals surface area contributed by atoms with E-state index in [1.807, 2.05) is 31.2 Å². The minimum atomic E-state index is -3.79. The third kappa shape index (κ3) is 2.85. The van der Waals surface area contributed by atoms with Gasteiger partial charge in [0.15, 0.2) is 5.82 Å². The molecule has 0 aliphatic rings. The first-order chi connectivity index (χ1) is 8.47. The molecule has 1 aromatic carbocycles. The zero-order valence-corrected chi connectivity index (χ0v) is 10.6. The molecule has 0 fully saturated rings. The summed E-state index contributed by atoms with van der Waals surface area (Å²) in [5, 5.41) is 8.08. The van der Waals surface area contributed by atoms with Gasteiger partial charge in [-0.25, -0.2) is 18.5 Å². The molecule has 94 valence electrons. The second-order valence-corrected chi connectivity index (χ2v) is 5.42. The standard InChI is InChI=1S/C12H13N3O2S/c1-9-4-2-5-10(8-9)15-12-11(18(13,16)17)6-3-7-14-12/h2-8H,1H3,(H,14,15)(H2,13,16,17). The molecule has 0 atom stereocenters. The van der Waals surface area contributed by atoms with Crippen molar-refractivity contribution >= 4 is 21.5 Å². The lowest BCUT2D eigenvalue weighted by Crippen LogP contribution is -2.14. The van der Waals surface area contributed by atoms with Crippen molar-refractivity contribution in [1.82, 2.24) is 4.98 Å². The summed E-state index contributed by atoms with van der Waals surface area (Å²) in [4.78, 5) is 3.98. The first-order valence-electron chi connectivity index (χ1n) is 5.28. The summed E-state index contributed by atoms with van der Waals surface area (Å²) in [6, 6.07) is 10.5. The van der Waals surface area contributed by atoms with Crippen LogP contribution in [-0.2, 0) is 10.0 Å². The zero-order chi connectivity index (χ0) is 13.2. The van der Waals surface area contributed by atoms with Gasteiger partial charge < -0.3 is 5.32 Å². The van der Waals surface area contributed by atoms with E-state index < -0.39 is 10.0 Å². The van der Waals surface area contributed by atoms with Crippen molar-refractivity contribution in [3.05, 3.63) is 48.2 Å². The van der Waals surface area contributed by atoms with Gasteiger partial charge in [0.2, 0.25) is 10.0 Å². The Bertz CT molecular complexity index is 669. The van der Waals surface area contributed by atoms with Crippen molar-refractivity contribution < 1.29 is 8.42 Å². The smallest absolute Gasteiger partial charge is 0.241 e. The molecule has 2 rings (SSSR count). The quantitative estimate of drug-likeness (QED) is 0.884. The van der Waals surface area contributed by atoms with E-state index in [1.165, 1.54) is 18.3 Å². The molecule has 0 saturated heterocycles. The van der Waals surface area contributed by atoms with E-state index in [0.29, 0.717) is 0 Å². The summed E-state index contributed by atoms with van der Waals surface area (Å²) in [6.45, 7) is 1.95. The lowest BCUT2D eigenvalue weighted by atomic mass is 10.2. The minimum Gasteiger partial charge on any atom is -0.339 e. The van der Waals surface area contributed by atoms with Crippen LogP contribution in [-0.4, -0.2) is 13.4 Å². The van der Waals surface area contributed by atoms with Gasteiger partial charge in [-0.15, -0.1) is 0 Å². The van der Waals surface area contributed by atoms with E-state index in [2.05, 4.69) is 10.3 Å². The number of aromatic nitrogens is 1. The Kier molecular flexibility index (Phi) is 3.31. The summed E-state index contributed by atoms with van der Waals surface area (Å²) in [6.07, 6.45) is 1.51. The van der Waals surface area contributed by atoms with Gasteiger partial charge >= 0.3 is 0 Å². The number of benzene rings is 1. The summed E-state index contributed by atoms with van der Waals surface area (Å²) in [5.41, 5.74) is 1.83. The Morgan fingerprint density at radius 1 is 1.22 bits per heavy atom. The van der Waals surface area contributed by atoms with Crippen molar-refractivity contribution in [2.45, 2.75) is 11.8 Å². The van der Waals surface area contributed by atoms with Crippen LogP contribution in [0.25, 0.3) is 0 Å². The molecule has 0 unspecified atom stereocenters. The highest BCUT2D eigenvalue weighted by Crippen LogP contribution is 2.21. The fraction of sp³-hybridized carbons (Fsp3) is 0.0833. The number of aryl methyl sites for hydroxylation is 1. The number of hydrogen-bond acceptors (Lipinski definition) is 4. The summed E-state index contributed by atoms with van der Waals surface area (Å²) >= 11 is 0. The Labute approximate surface area is 106 Å². The number of nitrogens with zero attached hydrogens (tertiary/aromatic N) is 1. The van der Waals surface area contributed by atoms with Crippen LogP contribution in [0.5, 0.6) is 0 Å². The molecule has 18 heavy (non-hydrogen) atoms. The van der Waals surface area contributed by atoms with E-state index in [-0.39, 0.29) is 10.7 Å². The SMILES string of the molecule is Cc1cccc(Nc2ncccc2S(N)(=O)=O)c1. The van der Waals surface area contributed by atoms with Crippen LogP contribution in [0.3, 0.4) is 0 Å². The lowest BCUT2D eigenvalue weighted by molar-refractivity contribution is 0.598. The number of anilines is 2. The van der Waals surface area contributed by atoms with Gasteiger partial charge in [-0.1, -0.05) is 12.1 Å². The topological polar surface area (TPSA) is 85.1 Å². The van der Waals surface area contributed by atoms with Crippen molar-refractivity contribution in [3.63, 3.8) is 0 Å². The van der Waals surface area contributed by atoms with Gasteiger partial charge in [0.25, 0.3) is 0 Å². The summed E-state index contributed by atoms with van der Waals surface area (Å²) in [5.74, 6) is 0.227. The molecular formula is C12H13N3O2S. The molecule has 3 N–H and O–H groups in total. The predicted octanol–water partition coefficient (Wildman–Crippen LogP) is 1.78. The van der Waals surface area contributed by atoms with Crippen LogP contribution in [0.15, 0.2) is 47.5 Å². The molecule has 1 aromatic heterocycles. The lowest BCUT2D eigenvalue weighted by Gasteiger charge is -2.09. The molecule has 6 heteroatoms. The second-order valence-electron chi connectivity index (χ2n) is 3.89. The Morgan fingerprint density at radius 2 is 2.00 bits per heavy atom. The van der Waals surface area contributed by atoms with Crippen LogP contribution in [0.4, 0.5) is 11.5 Å². The highest BCUT2D eigenvalue weighted by atomic mass is 32.2. The van der Waals surface area contributed by atoms with Gasteiger partial charge in [-0.2, -0.15) is 0 Å². The number of primary sulfonamides is 1. The van der Waals surface area contributed by atoms with E-state index >= 15 is 0 Å². The zero-order valence-electron chi connectivity index (χ0n) is 9.79. The largest absolute Gasteiger partial charge is 0.339 e. The van der Waals surface area contributed by atoms with Crippen LogP contribution < -0.4 is 10.5 Å². The van der Waals surface area contributed by atoms with Crippen LogP contribution in [0.2, 0.25) is 0 Å². The number of sulfonamides is 1. The van der Waals surface area contributed by atoms with Gasteiger partial charge in [0, 0.05) is 11.9 Å². The average Bonchev–Trinajstić information content (AvgIpc) is 2.28. The van der Waals surface area contributed by atoms with Crippen molar-refractivity contribution in [2.75, 3.05) is 5.32 Å². The number of nitrogens with two attached hydrogens (primary N) is 1. The third-order valence-corrected chi connectivity index (χ3v) is 3.30. The summed E-state index contributed by atoms with van der Waals surface area (Å²) in [7, 11) is -3.79. The monoisotopic (exact) mass is 263 g/mol. The Hall–Kier alpha value is -1.92. The maximum Gasteiger partial charge on any atom is 0.241 e. The highest BCUT2D eigenvalue weighted by molar-refractivity contribution is 7.89. The van der Waals surface area contributed by atoms with Crippen LogP contribution >= 0.6 is 0 Å². The minimum absolute atomic E-state index is 0.0218. The number of hydrogen-bond donors (Lipinski definition) is 2. The highest BCUT2D eigenvalue weighted by Gasteiger charge is 2.14. The maximum atomic E-state index is 11.4. The molecule has 0 bridgehead atoms. The van der Waals surface area contributed by atoms with Crippen molar-refractivity contribution in [2.24, 2.45) is 5.14 Å². The Balaban J connectivity index is 2.41. The molecule has 0 spiro atoms. The normalized spacial score (nSPS) is 11.2. The van der Waals surface area contributed by atoms with Gasteiger partial charge in [0.05, 0.1) is 0 Å². The molecule has 0 radical (unpaired) electrons. The molecule has 1 heterocycles. The molecule has 2 aromatic rings. The molecule has 5 nitrogen and oxygen atoms in total. The average molecular weight is 263 g/mol. The second kappa shape index (κ2) is 4.75. The van der Waals surface area contributed by atoms with E-state index in [1.54, 1.807) is 0 Å². The first-order valence-corrected chi connectivity index (χ1v) is 6.83. The number of nitrogens with one attached hydrogen (secondary N) is 1. The molecule has 0 saturated carbocycles. The van der Waals surface area contributed by atoms with Crippen LogP contribution in [0.1, 0.15) is 5.56 Å². The van der Waals surface area contributed by atoms with Crippen molar-refractivity contribution in [1.29, 1.82) is 0 Å². The van der Waals surface area contributed by atoms with E-state index in [0.717, 1.165) is 11.3 Å². The fourth-order valence-electron chi connectivity index (χ4n) is 1.57. The van der Waals surface area contributed by atoms with E-state index in [4.69, 9.17) is 5.14 Å².